The second-order valence-electron chi connectivity index (χ2n) is 5.64. The van der Waals surface area contributed by atoms with E-state index in [4.69, 9.17) is 5.26 Å². The van der Waals surface area contributed by atoms with Crippen LogP contribution in [0, 0.1) is 25.2 Å². The molecule has 1 N–H and O–H groups in total. The largest absolute Gasteiger partial charge is 0.325 e. The maximum absolute atomic E-state index is 12.6. The number of H-pyrrole nitrogens is 1. The minimum absolute atomic E-state index is 0.0206. The zero-order valence-electron chi connectivity index (χ0n) is 14.2. The summed E-state index contributed by atoms with van der Waals surface area (Å²) in [4.78, 5) is 28.8. The van der Waals surface area contributed by atoms with Crippen LogP contribution in [0.2, 0.25) is 0 Å². The van der Waals surface area contributed by atoms with Crippen LogP contribution in [0.15, 0.2) is 35.1 Å². The quantitative estimate of drug-likeness (QED) is 0.919. The molecule has 0 unspecified atom stereocenters. The van der Waals surface area contributed by atoms with Crippen molar-refractivity contribution in [2.75, 3.05) is 11.4 Å². The third-order valence-corrected chi connectivity index (χ3v) is 4.19. The van der Waals surface area contributed by atoms with Crippen LogP contribution in [0.5, 0.6) is 0 Å². The van der Waals surface area contributed by atoms with E-state index in [2.05, 4.69) is 4.98 Å². The van der Waals surface area contributed by atoms with Crippen LogP contribution in [0.3, 0.4) is 0 Å². The van der Waals surface area contributed by atoms with Gasteiger partial charge in [0.1, 0.15) is 11.6 Å². The number of anilines is 1. The highest BCUT2D eigenvalue weighted by molar-refractivity contribution is 5.93. The van der Waals surface area contributed by atoms with E-state index in [1.807, 2.05) is 43.3 Å². The Morgan fingerprint density at radius 2 is 1.92 bits per heavy atom. The van der Waals surface area contributed by atoms with Gasteiger partial charge in [-0.1, -0.05) is 18.2 Å². The number of nitrogens with zero attached hydrogens (tertiary/aromatic N) is 2. The summed E-state index contributed by atoms with van der Waals surface area (Å²) in [5, 5.41) is 9.12. The molecule has 1 aromatic heterocycles. The highest BCUT2D eigenvalue weighted by atomic mass is 16.2. The van der Waals surface area contributed by atoms with Gasteiger partial charge in [-0.2, -0.15) is 5.26 Å². The van der Waals surface area contributed by atoms with Crippen LogP contribution in [0.4, 0.5) is 5.69 Å². The number of aryl methyl sites for hydroxylation is 1. The van der Waals surface area contributed by atoms with Crippen molar-refractivity contribution in [1.29, 1.82) is 5.26 Å². The number of pyridine rings is 1. The molecule has 0 aliphatic heterocycles. The fraction of sp³-hybridized carbons (Fsp3) is 0.316. The fourth-order valence-corrected chi connectivity index (χ4v) is 2.90. The highest BCUT2D eigenvalue weighted by Gasteiger charge is 2.17. The number of nitriles is 1. The average Bonchev–Trinajstić information content (AvgIpc) is 2.56. The van der Waals surface area contributed by atoms with Crippen molar-refractivity contribution >= 4 is 11.6 Å². The normalized spacial score (nSPS) is 10.2. The first-order valence-corrected chi connectivity index (χ1v) is 7.97. The van der Waals surface area contributed by atoms with Gasteiger partial charge in [0.05, 0.1) is 0 Å². The lowest BCUT2D eigenvalue weighted by atomic mass is 9.99. The molecule has 0 atom stereocenters. The number of hydrogen-bond donors (Lipinski definition) is 1. The Morgan fingerprint density at radius 1 is 1.25 bits per heavy atom. The van der Waals surface area contributed by atoms with E-state index in [-0.39, 0.29) is 17.0 Å². The van der Waals surface area contributed by atoms with Gasteiger partial charge in [-0.15, -0.1) is 0 Å². The Kier molecular flexibility index (Phi) is 5.54. The molecule has 1 heterocycles. The van der Waals surface area contributed by atoms with Crippen LogP contribution >= 0.6 is 0 Å². The van der Waals surface area contributed by atoms with Crippen molar-refractivity contribution in [3.8, 4) is 6.07 Å². The van der Waals surface area contributed by atoms with Crippen molar-refractivity contribution in [2.45, 2.75) is 33.6 Å². The number of hydrogen-bond acceptors (Lipinski definition) is 3. The van der Waals surface area contributed by atoms with Gasteiger partial charge in [0.25, 0.3) is 5.56 Å². The van der Waals surface area contributed by atoms with Gasteiger partial charge in [0.15, 0.2) is 0 Å². The first kappa shape index (κ1) is 17.5. The second kappa shape index (κ2) is 7.60. The lowest BCUT2D eigenvalue weighted by molar-refractivity contribution is -0.118. The van der Waals surface area contributed by atoms with Crippen molar-refractivity contribution in [1.82, 2.24) is 4.98 Å². The van der Waals surface area contributed by atoms with E-state index < -0.39 is 0 Å². The summed E-state index contributed by atoms with van der Waals surface area (Å²) < 4.78 is 0. The Bertz CT molecular complexity index is 832. The molecule has 2 aromatic rings. The summed E-state index contributed by atoms with van der Waals surface area (Å²) in [5.74, 6) is 0.0206. The average molecular weight is 323 g/mol. The topological polar surface area (TPSA) is 77.0 Å². The maximum Gasteiger partial charge on any atom is 0.266 e. The number of benzene rings is 1. The summed E-state index contributed by atoms with van der Waals surface area (Å²) in [6, 6.07) is 11.5. The molecule has 24 heavy (non-hydrogen) atoms. The molecule has 0 aliphatic carbocycles. The molecule has 5 heteroatoms. The molecule has 1 amide bonds. The van der Waals surface area contributed by atoms with Crippen LogP contribution < -0.4 is 10.5 Å². The predicted molar refractivity (Wildman–Crippen MR) is 94.0 cm³/mol. The number of aromatic amines is 1. The van der Waals surface area contributed by atoms with Gasteiger partial charge in [0.2, 0.25) is 5.91 Å². The second-order valence-corrected chi connectivity index (χ2v) is 5.64. The minimum Gasteiger partial charge on any atom is -0.325 e. The molecule has 124 valence electrons. The Balaban J connectivity index is 2.21. The van der Waals surface area contributed by atoms with Gasteiger partial charge in [-0.25, -0.2) is 0 Å². The lowest BCUT2D eigenvalue weighted by Crippen LogP contribution is -2.31. The van der Waals surface area contributed by atoms with Crippen molar-refractivity contribution in [3.63, 3.8) is 0 Å². The fourth-order valence-electron chi connectivity index (χ4n) is 2.90. The number of amides is 1. The summed E-state index contributed by atoms with van der Waals surface area (Å²) >= 11 is 0. The zero-order chi connectivity index (χ0) is 17.7. The van der Waals surface area contributed by atoms with Gasteiger partial charge in [0, 0.05) is 24.3 Å². The SMILES string of the molecule is CCN(C(=O)CCc1c(C)[nH]c(=O)c(C#N)c1C)c1ccccc1. The number of nitrogens with one attached hydrogen (secondary N) is 1. The van der Waals surface area contributed by atoms with Gasteiger partial charge in [-0.05, 0) is 50.5 Å². The number of rotatable bonds is 5. The van der Waals surface area contributed by atoms with E-state index in [0.717, 1.165) is 11.3 Å². The predicted octanol–water partition coefficient (Wildman–Crippen LogP) is 2.85. The molecule has 0 saturated carbocycles. The third kappa shape index (κ3) is 3.54. The summed E-state index contributed by atoms with van der Waals surface area (Å²) in [6.45, 7) is 6.09. The molecule has 5 nitrogen and oxygen atoms in total. The van der Waals surface area contributed by atoms with Gasteiger partial charge in [-0.3, -0.25) is 9.59 Å². The molecule has 1 aromatic carbocycles. The number of carbonyl (C=O) groups is 1. The van der Waals surface area contributed by atoms with Crippen LogP contribution in [-0.4, -0.2) is 17.4 Å². The molecule has 0 spiro atoms. The van der Waals surface area contributed by atoms with E-state index in [1.54, 1.807) is 18.7 Å². The molecular weight excluding hydrogens is 302 g/mol. The van der Waals surface area contributed by atoms with E-state index in [9.17, 15) is 9.59 Å². The number of aromatic nitrogens is 1. The summed E-state index contributed by atoms with van der Waals surface area (Å²) in [7, 11) is 0. The van der Waals surface area contributed by atoms with E-state index in [0.29, 0.717) is 30.6 Å². The van der Waals surface area contributed by atoms with Crippen molar-refractivity contribution in [3.05, 3.63) is 63.1 Å². The Hall–Kier alpha value is -2.87. The summed E-state index contributed by atoms with van der Waals surface area (Å²) in [5.41, 5.74) is 2.86. The molecule has 0 aliphatic rings. The van der Waals surface area contributed by atoms with Crippen LogP contribution in [0.25, 0.3) is 0 Å². The zero-order valence-corrected chi connectivity index (χ0v) is 14.2. The van der Waals surface area contributed by atoms with Gasteiger partial charge < -0.3 is 9.88 Å². The number of carbonyl (C=O) groups excluding carboxylic acids is 1. The Morgan fingerprint density at radius 3 is 2.50 bits per heavy atom. The number of para-hydroxylation sites is 1. The molecule has 0 radical (unpaired) electrons. The molecular formula is C19H21N3O2. The smallest absolute Gasteiger partial charge is 0.266 e. The van der Waals surface area contributed by atoms with E-state index >= 15 is 0 Å². The van der Waals surface area contributed by atoms with E-state index in [1.165, 1.54) is 0 Å². The first-order valence-electron chi connectivity index (χ1n) is 7.97. The van der Waals surface area contributed by atoms with Crippen molar-refractivity contribution < 1.29 is 4.79 Å². The van der Waals surface area contributed by atoms with Crippen LogP contribution in [0.1, 0.15) is 35.7 Å². The molecule has 0 fully saturated rings. The molecule has 2 rings (SSSR count). The minimum atomic E-state index is -0.373. The van der Waals surface area contributed by atoms with Gasteiger partial charge >= 0.3 is 0 Å². The maximum atomic E-state index is 12.6. The summed E-state index contributed by atoms with van der Waals surface area (Å²) in [6.07, 6.45) is 0.812. The van der Waals surface area contributed by atoms with Crippen LogP contribution in [-0.2, 0) is 11.2 Å². The van der Waals surface area contributed by atoms with Crippen molar-refractivity contribution in [2.24, 2.45) is 0 Å². The highest BCUT2D eigenvalue weighted by Crippen LogP contribution is 2.18. The standard InChI is InChI=1S/C19H21N3O2/c1-4-22(15-8-6-5-7-9-15)18(23)11-10-16-13(2)17(12-20)19(24)21-14(16)3/h5-9H,4,10-11H2,1-3H3,(H,21,24). The first-order chi connectivity index (χ1) is 11.5. The lowest BCUT2D eigenvalue weighted by Gasteiger charge is -2.21. The molecule has 0 saturated heterocycles. The third-order valence-electron chi connectivity index (χ3n) is 4.19. The monoisotopic (exact) mass is 323 g/mol. The molecule has 0 bridgehead atoms. The Labute approximate surface area is 141 Å².